The maximum atomic E-state index is 12.2. The Hall–Kier alpha value is -3.73. The zero-order valence-corrected chi connectivity index (χ0v) is 17.8. The Morgan fingerprint density at radius 3 is 2.72 bits per heavy atom. The van der Waals surface area contributed by atoms with E-state index in [1.165, 1.54) is 0 Å². The van der Waals surface area contributed by atoms with Crippen LogP contribution < -0.4 is 10.4 Å². The first-order valence-electron chi connectivity index (χ1n) is 10.4. The van der Waals surface area contributed by atoms with E-state index in [-0.39, 0.29) is 6.10 Å². The molecule has 1 atom stereocenters. The number of hydrogen-bond donors (Lipinski definition) is 2. The number of ether oxygens (including phenoxy) is 1. The smallest absolute Gasteiger partial charge is 0.274 e. The molecule has 2 aromatic heterocycles. The number of aromatic nitrogens is 2. The summed E-state index contributed by atoms with van der Waals surface area (Å²) >= 11 is 0. The second kappa shape index (κ2) is 10.1. The summed E-state index contributed by atoms with van der Waals surface area (Å²) in [6.45, 7) is 1.54. The van der Waals surface area contributed by atoms with E-state index in [1.54, 1.807) is 37.1 Å². The number of anilines is 1. The fourth-order valence-corrected chi connectivity index (χ4v) is 3.67. The van der Waals surface area contributed by atoms with Crippen LogP contribution in [0.1, 0.15) is 34.3 Å². The fourth-order valence-electron chi connectivity index (χ4n) is 3.67. The molecular formula is C25H24N4O3. The van der Waals surface area contributed by atoms with E-state index in [4.69, 9.17) is 14.9 Å². The van der Waals surface area contributed by atoms with Gasteiger partial charge in [-0.3, -0.25) is 15.0 Å². The first kappa shape index (κ1) is 21.5. The predicted octanol–water partition coefficient (Wildman–Crippen LogP) is 3.28. The van der Waals surface area contributed by atoms with E-state index < -0.39 is 5.91 Å². The molecule has 162 valence electrons. The molecule has 0 radical (unpaired) electrons. The lowest BCUT2D eigenvalue weighted by molar-refractivity contribution is 0.0706. The van der Waals surface area contributed by atoms with E-state index in [1.807, 2.05) is 36.4 Å². The lowest BCUT2D eigenvalue weighted by Gasteiger charge is -2.33. The first-order valence-corrected chi connectivity index (χ1v) is 10.4. The number of benzene rings is 1. The van der Waals surface area contributed by atoms with E-state index in [9.17, 15) is 4.79 Å². The van der Waals surface area contributed by atoms with Gasteiger partial charge in [-0.05, 0) is 49.2 Å². The molecule has 3 aromatic rings. The maximum absolute atomic E-state index is 12.2. The molecule has 1 aliphatic rings. The zero-order chi connectivity index (χ0) is 22.3. The van der Waals surface area contributed by atoms with Gasteiger partial charge in [-0.25, -0.2) is 10.5 Å². The van der Waals surface area contributed by atoms with Crippen molar-refractivity contribution in [3.8, 4) is 23.1 Å². The average molecular weight is 428 g/mol. The summed E-state index contributed by atoms with van der Waals surface area (Å²) in [5.74, 6) is 6.32. The maximum Gasteiger partial charge on any atom is 0.274 e. The molecule has 0 aliphatic carbocycles. The minimum Gasteiger partial charge on any atom is -0.380 e. The van der Waals surface area contributed by atoms with Gasteiger partial charge in [-0.2, -0.15) is 0 Å². The zero-order valence-electron chi connectivity index (χ0n) is 17.8. The largest absolute Gasteiger partial charge is 0.380 e. The number of carbonyl (C=O) groups excluding carboxylic acids is 1. The Morgan fingerprint density at radius 1 is 1.19 bits per heavy atom. The standard InChI is InChI=1S/C25H24N4O3/c1-32-22-5-3-13-29(17-22)24-15-21(25(30)28-31)14-23(27-24)20-10-8-18(9-11-20)6-7-19-4-2-12-26-16-19/h2,4,8-12,14-16,22,31H,3,5,13,17H2,1H3,(H,28,30). The molecule has 0 spiro atoms. The Kier molecular flexibility index (Phi) is 6.75. The van der Waals surface area contributed by atoms with Crippen LogP contribution in [0.5, 0.6) is 0 Å². The number of methoxy groups -OCH3 is 1. The van der Waals surface area contributed by atoms with E-state index >= 15 is 0 Å². The van der Waals surface area contributed by atoms with Crippen molar-refractivity contribution >= 4 is 11.7 Å². The number of piperidine rings is 1. The number of amides is 1. The SMILES string of the molecule is COC1CCCN(c2cc(C(=O)NO)cc(-c3ccc(C#Cc4cccnc4)cc3)n2)C1. The highest BCUT2D eigenvalue weighted by Crippen LogP contribution is 2.26. The molecule has 7 nitrogen and oxygen atoms in total. The van der Waals surface area contributed by atoms with E-state index in [0.29, 0.717) is 23.6 Å². The molecule has 1 aromatic carbocycles. The molecule has 1 aliphatic heterocycles. The highest BCUT2D eigenvalue weighted by atomic mass is 16.5. The van der Waals surface area contributed by atoms with Gasteiger partial charge in [0.15, 0.2) is 0 Å². The highest BCUT2D eigenvalue weighted by Gasteiger charge is 2.22. The number of hydroxylamine groups is 1. The molecule has 1 unspecified atom stereocenters. The van der Waals surface area contributed by atoms with E-state index in [0.717, 1.165) is 36.1 Å². The van der Waals surface area contributed by atoms with Crippen molar-refractivity contribution in [2.75, 3.05) is 25.1 Å². The molecule has 3 heterocycles. The van der Waals surface area contributed by atoms with Gasteiger partial charge in [0.25, 0.3) is 5.91 Å². The van der Waals surface area contributed by atoms with Gasteiger partial charge in [-0.1, -0.05) is 24.0 Å². The predicted molar refractivity (Wildman–Crippen MR) is 121 cm³/mol. The molecule has 1 amide bonds. The van der Waals surface area contributed by atoms with Gasteiger partial charge in [-0.15, -0.1) is 0 Å². The summed E-state index contributed by atoms with van der Waals surface area (Å²) in [6, 6.07) is 14.8. The molecule has 2 N–H and O–H groups in total. The average Bonchev–Trinajstić information content (AvgIpc) is 2.87. The second-order valence-electron chi connectivity index (χ2n) is 7.56. The third kappa shape index (κ3) is 5.11. The minimum atomic E-state index is -0.575. The van der Waals surface area contributed by atoms with Gasteiger partial charge in [0.2, 0.25) is 0 Å². The Bertz CT molecular complexity index is 1140. The van der Waals surface area contributed by atoms with Crippen molar-refractivity contribution in [1.82, 2.24) is 15.4 Å². The number of rotatable bonds is 4. The summed E-state index contributed by atoms with van der Waals surface area (Å²) in [7, 11) is 1.71. The molecule has 1 saturated heterocycles. The van der Waals surface area contributed by atoms with Crippen molar-refractivity contribution in [3.05, 3.63) is 77.6 Å². The molecule has 4 rings (SSSR count). The van der Waals surface area contributed by atoms with Gasteiger partial charge >= 0.3 is 0 Å². The van der Waals surface area contributed by atoms with Gasteiger partial charge in [0.1, 0.15) is 5.82 Å². The van der Waals surface area contributed by atoms with Crippen molar-refractivity contribution in [2.24, 2.45) is 0 Å². The quantitative estimate of drug-likeness (QED) is 0.377. The number of nitrogens with one attached hydrogen (secondary N) is 1. The van der Waals surface area contributed by atoms with Crippen LogP contribution in [0, 0.1) is 11.8 Å². The van der Waals surface area contributed by atoms with Crippen molar-refractivity contribution < 1.29 is 14.7 Å². The topological polar surface area (TPSA) is 87.6 Å². The summed E-state index contributed by atoms with van der Waals surface area (Å²) in [5.41, 5.74) is 5.27. The van der Waals surface area contributed by atoms with Crippen LogP contribution in [0.4, 0.5) is 5.82 Å². The Labute approximate surface area is 187 Å². The van der Waals surface area contributed by atoms with Gasteiger partial charge < -0.3 is 9.64 Å². The third-order valence-corrected chi connectivity index (χ3v) is 5.40. The lowest BCUT2D eigenvalue weighted by atomic mass is 10.0. The normalized spacial score (nSPS) is 15.6. The monoisotopic (exact) mass is 428 g/mol. The van der Waals surface area contributed by atoms with E-state index in [2.05, 4.69) is 21.7 Å². The second-order valence-corrected chi connectivity index (χ2v) is 7.56. The highest BCUT2D eigenvalue weighted by molar-refractivity contribution is 5.95. The summed E-state index contributed by atoms with van der Waals surface area (Å²) < 4.78 is 5.52. The molecular weight excluding hydrogens is 404 g/mol. The Morgan fingerprint density at radius 2 is 2.00 bits per heavy atom. The molecule has 32 heavy (non-hydrogen) atoms. The van der Waals surface area contributed by atoms with Crippen molar-refractivity contribution in [2.45, 2.75) is 18.9 Å². The van der Waals surface area contributed by atoms with Crippen LogP contribution in [0.25, 0.3) is 11.3 Å². The van der Waals surface area contributed by atoms with Crippen molar-refractivity contribution in [3.63, 3.8) is 0 Å². The minimum absolute atomic E-state index is 0.127. The van der Waals surface area contributed by atoms with Crippen LogP contribution in [0.2, 0.25) is 0 Å². The first-order chi connectivity index (χ1) is 15.7. The number of nitrogens with zero attached hydrogens (tertiary/aromatic N) is 3. The summed E-state index contributed by atoms with van der Waals surface area (Å²) in [6.07, 6.45) is 5.54. The van der Waals surface area contributed by atoms with Crippen LogP contribution in [0.15, 0.2) is 60.9 Å². The molecule has 7 heteroatoms. The number of pyridine rings is 2. The van der Waals surface area contributed by atoms with Crippen LogP contribution in [0.3, 0.4) is 0 Å². The summed E-state index contributed by atoms with van der Waals surface area (Å²) in [5, 5.41) is 9.15. The van der Waals surface area contributed by atoms with Gasteiger partial charge in [0.05, 0.1) is 11.8 Å². The van der Waals surface area contributed by atoms with Crippen LogP contribution >= 0.6 is 0 Å². The van der Waals surface area contributed by atoms with Crippen LogP contribution in [-0.4, -0.2) is 47.4 Å². The van der Waals surface area contributed by atoms with Gasteiger partial charge in [0, 0.05) is 54.8 Å². The fraction of sp³-hybridized carbons (Fsp3) is 0.240. The lowest BCUT2D eigenvalue weighted by Crippen LogP contribution is -2.39. The molecule has 1 fully saturated rings. The third-order valence-electron chi connectivity index (χ3n) is 5.40. The molecule has 0 saturated carbocycles. The molecule has 0 bridgehead atoms. The Balaban J connectivity index is 1.63. The number of hydrogen-bond acceptors (Lipinski definition) is 6. The summed E-state index contributed by atoms with van der Waals surface area (Å²) in [4.78, 5) is 23.1. The van der Waals surface area contributed by atoms with Crippen LogP contribution in [-0.2, 0) is 4.74 Å². The number of carbonyl (C=O) groups is 1. The van der Waals surface area contributed by atoms with Crippen molar-refractivity contribution in [1.29, 1.82) is 0 Å².